The van der Waals surface area contributed by atoms with E-state index in [9.17, 15) is 4.79 Å². The smallest absolute Gasteiger partial charge is 0.410 e. The van der Waals surface area contributed by atoms with Crippen molar-refractivity contribution in [3.05, 3.63) is 28.9 Å². The molecule has 2 heterocycles. The van der Waals surface area contributed by atoms with Crippen LogP contribution in [-0.4, -0.2) is 40.7 Å². The van der Waals surface area contributed by atoms with Crippen LogP contribution in [0, 0.1) is 0 Å². The largest absolute Gasteiger partial charge is 0.444 e. The van der Waals surface area contributed by atoms with Gasteiger partial charge in [-0.2, -0.15) is 0 Å². The number of anilines is 2. The quantitative estimate of drug-likeness (QED) is 0.752. The van der Waals surface area contributed by atoms with Crippen LogP contribution in [0.15, 0.2) is 28.9 Å². The second-order valence-corrected chi connectivity index (χ2v) is 8.58. The molecule has 26 heavy (non-hydrogen) atoms. The highest BCUT2D eigenvalue weighted by atomic mass is 79.9. The Morgan fingerprint density at radius 3 is 2.92 bits per heavy atom. The third kappa shape index (κ3) is 4.38. The number of amides is 1. The predicted molar refractivity (Wildman–Crippen MR) is 108 cm³/mol. The molecule has 0 unspecified atom stereocenters. The average molecular weight is 421 g/mol. The van der Waals surface area contributed by atoms with Crippen LogP contribution < -0.4 is 11.1 Å². The van der Waals surface area contributed by atoms with Gasteiger partial charge in [0.25, 0.3) is 0 Å². The SMILES string of the molecule is CC(C)(C)OC(=O)N1CCC[C@@H](Nc2c(N)cnc3ccc(Br)cc23)C1. The summed E-state index contributed by atoms with van der Waals surface area (Å²) < 4.78 is 6.48. The number of nitrogen functional groups attached to an aromatic ring is 1. The van der Waals surface area contributed by atoms with Gasteiger partial charge in [0, 0.05) is 29.0 Å². The fourth-order valence-corrected chi connectivity index (χ4v) is 3.49. The highest BCUT2D eigenvalue weighted by Gasteiger charge is 2.28. The van der Waals surface area contributed by atoms with Crippen molar-refractivity contribution < 1.29 is 9.53 Å². The molecule has 6 nitrogen and oxygen atoms in total. The Bertz CT molecular complexity index is 814. The van der Waals surface area contributed by atoms with Gasteiger partial charge in [-0.3, -0.25) is 4.98 Å². The Labute approximate surface area is 162 Å². The Hall–Kier alpha value is -2.02. The normalized spacial score (nSPS) is 18.0. The molecule has 0 bridgehead atoms. The summed E-state index contributed by atoms with van der Waals surface area (Å²) in [5, 5.41) is 4.50. The molecule has 1 fully saturated rings. The zero-order valence-electron chi connectivity index (χ0n) is 15.4. The molecule has 0 saturated carbocycles. The lowest BCUT2D eigenvalue weighted by Gasteiger charge is -2.35. The first-order chi connectivity index (χ1) is 12.2. The summed E-state index contributed by atoms with van der Waals surface area (Å²) in [4.78, 5) is 18.5. The maximum Gasteiger partial charge on any atom is 0.410 e. The predicted octanol–water partition coefficient (Wildman–Crippen LogP) is 4.39. The van der Waals surface area contributed by atoms with E-state index in [0.29, 0.717) is 18.8 Å². The van der Waals surface area contributed by atoms with Crippen molar-refractivity contribution in [2.24, 2.45) is 0 Å². The van der Waals surface area contributed by atoms with Gasteiger partial charge < -0.3 is 20.7 Å². The molecule has 140 valence electrons. The molecule has 1 aliphatic heterocycles. The van der Waals surface area contributed by atoms with E-state index in [1.54, 1.807) is 11.1 Å². The van der Waals surface area contributed by atoms with Crippen molar-refractivity contribution in [3.63, 3.8) is 0 Å². The molecule has 1 aromatic heterocycles. The van der Waals surface area contributed by atoms with Crippen LogP contribution in [0.4, 0.5) is 16.2 Å². The second-order valence-electron chi connectivity index (χ2n) is 7.66. The number of piperidine rings is 1. The average Bonchev–Trinajstić information content (AvgIpc) is 2.56. The topological polar surface area (TPSA) is 80.5 Å². The summed E-state index contributed by atoms with van der Waals surface area (Å²) >= 11 is 3.51. The number of benzene rings is 1. The minimum atomic E-state index is -0.491. The molecule has 1 aromatic carbocycles. The summed E-state index contributed by atoms with van der Waals surface area (Å²) in [5.74, 6) is 0. The van der Waals surface area contributed by atoms with E-state index in [-0.39, 0.29) is 12.1 Å². The number of carbonyl (C=O) groups is 1. The van der Waals surface area contributed by atoms with Crippen molar-refractivity contribution >= 4 is 44.3 Å². The Kier molecular flexibility index (Phi) is 5.27. The van der Waals surface area contributed by atoms with E-state index in [2.05, 4.69) is 26.2 Å². The molecular weight excluding hydrogens is 396 g/mol. The van der Waals surface area contributed by atoms with Crippen LogP contribution in [0.1, 0.15) is 33.6 Å². The van der Waals surface area contributed by atoms with Gasteiger partial charge in [-0.05, 0) is 51.8 Å². The third-order valence-corrected chi connectivity index (χ3v) is 4.77. The van der Waals surface area contributed by atoms with Crippen molar-refractivity contribution in [2.45, 2.75) is 45.3 Å². The summed E-state index contributed by atoms with van der Waals surface area (Å²) in [7, 11) is 0. The van der Waals surface area contributed by atoms with Crippen LogP contribution in [0.25, 0.3) is 10.9 Å². The Balaban J connectivity index is 1.79. The zero-order valence-corrected chi connectivity index (χ0v) is 17.0. The van der Waals surface area contributed by atoms with Crippen LogP contribution >= 0.6 is 15.9 Å². The standard InChI is InChI=1S/C19H25BrN4O2/c1-19(2,3)26-18(25)24-8-4-5-13(11-24)23-17-14-9-12(20)6-7-16(14)22-10-15(17)21/h6-7,9-10,13H,4-5,8,11,21H2,1-3H3,(H,22,23)/t13-/m1/s1. The number of carbonyl (C=O) groups excluding carboxylic acids is 1. The van der Waals surface area contributed by atoms with Crippen LogP contribution in [-0.2, 0) is 4.74 Å². The number of nitrogens with zero attached hydrogens (tertiary/aromatic N) is 2. The van der Waals surface area contributed by atoms with Crippen molar-refractivity contribution in [1.29, 1.82) is 0 Å². The number of nitrogens with two attached hydrogens (primary N) is 1. The van der Waals surface area contributed by atoms with Gasteiger partial charge in [-0.15, -0.1) is 0 Å². The molecule has 1 atom stereocenters. The lowest BCUT2D eigenvalue weighted by atomic mass is 10.0. The van der Waals surface area contributed by atoms with Crippen LogP contribution in [0.3, 0.4) is 0 Å². The molecule has 3 rings (SSSR count). The van der Waals surface area contributed by atoms with Gasteiger partial charge in [-0.25, -0.2) is 4.79 Å². The summed E-state index contributed by atoms with van der Waals surface area (Å²) in [5.41, 5.74) is 8.04. The van der Waals surface area contributed by atoms with Crippen molar-refractivity contribution in [3.8, 4) is 0 Å². The fraction of sp³-hybridized carbons (Fsp3) is 0.474. The number of nitrogens with one attached hydrogen (secondary N) is 1. The maximum absolute atomic E-state index is 12.4. The minimum Gasteiger partial charge on any atom is -0.444 e. The lowest BCUT2D eigenvalue weighted by Crippen LogP contribution is -2.47. The van der Waals surface area contributed by atoms with E-state index < -0.39 is 5.60 Å². The summed E-state index contributed by atoms with van der Waals surface area (Å²) in [6, 6.07) is 6.04. The lowest BCUT2D eigenvalue weighted by molar-refractivity contribution is 0.0206. The molecule has 3 N–H and O–H groups in total. The monoisotopic (exact) mass is 420 g/mol. The number of pyridine rings is 1. The Morgan fingerprint density at radius 2 is 2.19 bits per heavy atom. The molecule has 2 aromatic rings. The first-order valence-corrected chi connectivity index (χ1v) is 9.60. The third-order valence-electron chi connectivity index (χ3n) is 4.28. The summed E-state index contributed by atoms with van der Waals surface area (Å²) in [6.45, 7) is 6.95. The second kappa shape index (κ2) is 7.31. The van der Waals surface area contributed by atoms with Gasteiger partial charge in [0.15, 0.2) is 0 Å². The van der Waals surface area contributed by atoms with E-state index in [1.807, 2.05) is 39.0 Å². The molecule has 1 amide bonds. The highest BCUT2D eigenvalue weighted by Crippen LogP contribution is 2.31. The van der Waals surface area contributed by atoms with Crippen molar-refractivity contribution in [2.75, 3.05) is 24.1 Å². The fourth-order valence-electron chi connectivity index (χ4n) is 3.13. The van der Waals surface area contributed by atoms with Gasteiger partial charge in [0.1, 0.15) is 5.60 Å². The van der Waals surface area contributed by atoms with E-state index in [0.717, 1.165) is 33.9 Å². The molecule has 7 heteroatoms. The number of hydrogen-bond acceptors (Lipinski definition) is 5. The number of rotatable bonds is 2. The zero-order chi connectivity index (χ0) is 18.9. The van der Waals surface area contributed by atoms with E-state index in [4.69, 9.17) is 10.5 Å². The van der Waals surface area contributed by atoms with Gasteiger partial charge >= 0.3 is 6.09 Å². The maximum atomic E-state index is 12.4. The minimum absolute atomic E-state index is 0.114. The first-order valence-electron chi connectivity index (χ1n) is 8.81. The Morgan fingerprint density at radius 1 is 1.42 bits per heavy atom. The van der Waals surface area contributed by atoms with E-state index in [1.165, 1.54) is 0 Å². The molecule has 1 saturated heterocycles. The molecule has 0 radical (unpaired) electrons. The highest BCUT2D eigenvalue weighted by molar-refractivity contribution is 9.10. The van der Waals surface area contributed by atoms with Crippen LogP contribution in [0.2, 0.25) is 0 Å². The number of likely N-dealkylation sites (tertiary alicyclic amines) is 1. The molecule has 0 aliphatic carbocycles. The van der Waals surface area contributed by atoms with Crippen LogP contribution in [0.5, 0.6) is 0 Å². The van der Waals surface area contributed by atoms with Crippen molar-refractivity contribution in [1.82, 2.24) is 9.88 Å². The first kappa shape index (κ1) is 18.8. The number of hydrogen-bond donors (Lipinski definition) is 2. The van der Waals surface area contributed by atoms with E-state index >= 15 is 0 Å². The molecule has 0 spiro atoms. The molecular formula is C19H25BrN4O2. The number of fused-ring (bicyclic) bond motifs is 1. The number of aromatic nitrogens is 1. The number of ether oxygens (including phenoxy) is 1. The van der Waals surface area contributed by atoms with Gasteiger partial charge in [0.05, 0.1) is 23.1 Å². The van der Waals surface area contributed by atoms with Gasteiger partial charge in [-0.1, -0.05) is 15.9 Å². The van der Waals surface area contributed by atoms with Gasteiger partial charge in [0.2, 0.25) is 0 Å². The molecule has 1 aliphatic rings. The number of halogens is 1. The summed E-state index contributed by atoms with van der Waals surface area (Å²) in [6.07, 6.45) is 3.30.